The Morgan fingerprint density at radius 1 is 0.955 bits per heavy atom. The van der Waals surface area contributed by atoms with Crippen molar-refractivity contribution >= 4 is 11.8 Å². The smallest absolute Gasteiger partial charge is 0.267 e. The van der Waals surface area contributed by atoms with Crippen molar-refractivity contribution in [2.24, 2.45) is 0 Å². The number of halogens is 1. The zero-order valence-corrected chi connectivity index (χ0v) is 12.4. The highest BCUT2D eigenvalue weighted by atomic mass is 19.1. The van der Waals surface area contributed by atoms with Crippen LogP contribution in [0.15, 0.2) is 42.5 Å². The molecule has 2 N–H and O–H groups in total. The monoisotopic (exact) mass is 300 g/mol. The lowest BCUT2D eigenvalue weighted by Gasteiger charge is -2.08. The Bertz CT molecular complexity index is 696. The third-order valence-electron chi connectivity index (χ3n) is 3.35. The van der Waals surface area contributed by atoms with Gasteiger partial charge in [0.05, 0.1) is 0 Å². The van der Waals surface area contributed by atoms with E-state index < -0.39 is 17.6 Å². The largest absolute Gasteiger partial charge is 0.269 e. The summed E-state index contributed by atoms with van der Waals surface area (Å²) in [6, 6.07) is 11.2. The maximum Gasteiger partial charge on any atom is 0.269 e. The van der Waals surface area contributed by atoms with Crippen LogP contribution in [0, 0.1) is 12.7 Å². The summed E-state index contributed by atoms with van der Waals surface area (Å²) in [4.78, 5) is 23.8. The molecule has 5 heteroatoms. The van der Waals surface area contributed by atoms with Gasteiger partial charge in [0.1, 0.15) is 5.82 Å². The Hall–Kier alpha value is -2.69. The minimum absolute atomic E-state index is 0.143. The molecule has 0 bridgehead atoms. The van der Waals surface area contributed by atoms with E-state index >= 15 is 0 Å². The fourth-order valence-electron chi connectivity index (χ4n) is 1.88. The van der Waals surface area contributed by atoms with Gasteiger partial charge in [0.25, 0.3) is 11.8 Å². The maximum atomic E-state index is 13.4. The molecule has 0 fully saturated rings. The highest BCUT2D eigenvalue weighted by Gasteiger charge is 2.10. The molecule has 0 heterocycles. The summed E-state index contributed by atoms with van der Waals surface area (Å²) in [6.45, 7) is 3.63. The summed E-state index contributed by atoms with van der Waals surface area (Å²) in [5.41, 5.74) is 6.73. The molecule has 0 aromatic heterocycles. The normalized spacial score (nSPS) is 10.1. The predicted octanol–water partition coefficient (Wildman–Crippen LogP) is 2.77. The molecule has 0 spiro atoms. The summed E-state index contributed by atoms with van der Waals surface area (Å²) >= 11 is 0. The Morgan fingerprint density at radius 2 is 1.50 bits per heavy atom. The van der Waals surface area contributed by atoms with E-state index in [0.29, 0.717) is 11.1 Å². The number of carbonyl (C=O) groups excluding carboxylic acids is 2. The van der Waals surface area contributed by atoms with Gasteiger partial charge < -0.3 is 0 Å². The van der Waals surface area contributed by atoms with E-state index in [1.54, 1.807) is 19.1 Å². The van der Waals surface area contributed by atoms with Gasteiger partial charge in [-0.1, -0.05) is 25.1 Å². The zero-order chi connectivity index (χ0) is 16.1. The Balaban J connectivity index is 1.97. The highest BCUT2D eigenvalue weighted by Crippen LogP contribution is 2.09. The van der Waals surface area contributed by atoms with Crippen molar-refractivity contribution in [2.45, 2.75) is 20.3 Å². The molecule has 0 aliphatic rings. The lowest BCUT2D eigenvalue weighted by atomic mass is 10.1. The molecule has 0 atom stereocenters. The van der Waals surface area contributed by atoms with Crippen LogP contribution in [0.2, 0.25) is 0 Å². The third kappa shape index (κ3) is 3.69. The first-order valence-corrected chi connectivity index (χ1v) is 6.97. The van der Waals surface area contributed by atoms with Crippen molar-refractivity contribution in [2.75, 3.05) is 0 Å². The summed E-state index contributed by atoms with van der Waals surface area (Å²) in [6.07, 6.45) is 0.887. The van der Waals surface area contributed by atoms with Crippen LogP contribution in [0.5, 0.6) is 0 Å². The number of hydrogen-bond acceptors (Lipinski definition) is 2. The Labute approximate surface area is 128 Å². The molecule has 22 heavy (non-hydrogen) atoms. The van der Waals surface area contributed by atoms with Gasteiger partial charge in [-0.05, 0) is 48.7 Å². The van der Waals surface area contributed by atoms with Gasteiger partial charge in [0.15, 0.2) is 0 Å². The number of benzene rings is 2. The number of hydrogen-bond donors (Lipinski definition) is 2. The first kappa shape index (κ1) is 15.7. The van der Waals surface area contributed by atoms with Crippen LogP contribution in [-0.2, 0) is 6.42 Å². The fraction of sp³-hybridized carbons (Fsp3) is 0.176. The Kier molecular flexibility index (Phi) is 4.88. The Morgan fingerprint density at radius 3 is 2.05 bits per heavy atom. The summed E-state index contributed by atoms with van der Waals surface area (Å²) in [5.74, 6) is -1.46. The second-order valence-electron chi connectivity index (χ2n) is 4.92. The average Bonchev–Trinajstić information content (AvgIpc) is 2.54. The highest BCUT2D eigenvalue weighted by molar-refractivity contribution is 5.99. The number of carbonyl (C=O) groups is 2. The lowest BCUT2D eigenvalue weighted by Crippen LogP contribution is -2.41. The van der Waals surface area contributed by atoms with E-state index in [4.69, 9.17) is 0 Å². The maximum absolute atomic E-state index is 13.4. The molecule has 2 rings (SSSR count). The SMILES string of the molecule is CCc1ccc(C(=O)NNC(=O)c2ccc(C)c(F)c2)cc1. The van der Waals surface area contributed by atoms with E-state index in [0.717, 1.165) is 18.1 Å². The van der Waals surface area contributed by atoms with Gasteiger partial charge >= 0.3 is 0 Å². The summed E-state index contributed by atoms with van der Waals surface area (Å²) in [7, 11) is 0. The van der Waals surface area contributed by atoms with Gasteiger partial charge in [-0.3, -0.25) is 20.4 Å². The summed E-state index contributed by atoms with van der Waals surface area (Å²) in [5, 5.41) is 0. The van der Waals surface area contributed by atoms with Crippen LogP contribution < -0.4 is 10.9 Å². The van der Waals surface area contributed by atoms with Crippen molar-refractivity contribution in [1.29, 1.82) is 0 Å². The standard InChI is InChI=1S/C17H17FN2O2/c1-3-12-5-8-13(9-6-12)16(21)19-20-17(22)14-7-4-11(2)15(18)10-14/h4-10H,3H2,1-2H3,(H,19,21)(H,20,22). The number of hydrazine groups is 1. The van der Waals surface area contributed by atoms with Crippen molar-refractivity contribution in [3.63, 3.8) is 0 Å². The molecule has 0 aliphatic carbocycles. The molecule has 2 aromatic carbocycles. The van der Waals surface area contributed by atoms with E-state index in [-0.39, 0.29) is 5.56 Å². The summed E-state index contributed by atoms with van der Waals surface area (Å²) < 4.78 is 13.4. The van der Waals surface area contributed by atoms with Gasteiger partial charge in [-0.15, -0.1) is 0 Å². The van der Waals surface area contributed by atoms with Crippen molar-refractivity contribution in [3.05, 3.63) is 70.5 Å². The minimum atomic E-state index is -0.572. The molecule has 2 amide bonds. The first-order valence-electron chi connectivity index (χ1n) is 6.97. The van der Waals surface area contributed by atoms with Crippen LogP contribution in [0.3, 0.4) is 0 Å². The van der Waals surface area contributed by atoms with E-state index in [2.05, 4.69) is 10.9 Å². The molecule has 0 aliphatic heterocycles. The van der Waals surface area contributed by atoms with Crippen molar-refractivity contribution in [1.82, 2.24) is 10.9 Å². The van der Waals surface area contributed by atoms with Gasteiger partial charge in [-0.2, -0.15) is 0 Å². The van der Waals surface area contributed by atoms with Crippen LogP contribution in [0.1, 0.15) is 38.8 Å². The van der Waals surface area contributed by atoms with Crippen LogP contribution in [0.4, 0.5) is 4.39 Å². The quantitative estimate of drug-likeness (QED) is 0.856. The van der Waals surface area contributed by atoms with Crippen molar-refractivity contribution < 1.29 is 14.0 Å². The second-order valence-corrected chi connectivity index (χ2v) is 4.92. The molecule has 4 nitrogen and oxygen atoms in total. The van der Waals surface area contributed by atoms with E-state index in [1.165, 1.54) is 12.1 Å². The van der Waals surface area contributed by atoms with Gasteiger partial charge in [-0.25, -0.2) is 4.39 Å². The minimum Gasteiger partial charge on any atom is -0.267 e. The molecule has 0 unspecified atom stereocenters. The average molecular weight is 300 g/mol. The van der Waals surface area contributed by atoms with Gasteiger partial charge in [0.2, 0.25) is 0 Å². The third-order valence-corrected chi connectivity index (χ3v) is 3.35. The molecule has 114 valence electrons. The van der Waals surface area contributed by atoms with E-state index in [1.807, 2.05) is 19.1 Å². The zero-order valence-electron chi connectivity index (χ0n) is 12.4. The topological polar surface area (TPSA) is 58.2 Å². The number of rotatable bonds is 3. The number of aryl methyl sites for hydroxylation is 2. The predicted molar refractivity (Wildman–Crippen MR) is 81.9 cm³/mol. The van der Waals surface area contributed by atoms with Crippen LogP contribution >= 0.6 is 0 Å². The fourth-order valence-corrected chi connectivity index (χ4v) is 1.88. The molecule has 0 saturated carbocycles. The number of amides is 2. The lowest BCUT2D eigenvalue weighted by molar-refractivity contribution is 0.0846. The molecular formula is C17H17FN2O2. The molecular weight excluding hydrogens is 283 g/mol. The van der Waals surface area contributed by atoms with E-state index in [9.17, 15) is 14.0 Å². The second kappa shape index (κ2) is 6.85. The molecule has 0 radical (unpaired) electrons. The van der Waals surface area contributed by atoms with Gasteiger partial charge in [0, 0.05) is 11.1 Å². The molecule has 2 aromatic rings. The molecule has 0 saturated heterocycles. The van der Waals surface area contributed by atoms with Crippen LogP contribution in [-0.4, -0.2) is 11.8 Å². The number of nitrogens with one attached hydrogen (secondary N) is 2. The van der Waals surface area contributed by atoms with Crippen LogP contribution in [0.25, 0.3) is 0 Å². The first-order chi connectivity index (χ1) is 10.5. The van der Waals surface area contributed by atoms with Crippen molar-refractivity contribution in [3.8, 4) is 0 Å².